The third-order valence-corrected chi connectivity index (χ3v) is 3.94. The molecule has 0 N–H and O–H groups in total. The van der Waals surface area contributed by atoms with Crippen LogP contribution >= 0.6 is 0 Å². The molecule has 7 heteroatoms. The van der Waals surface area contributed by atoms with Crippen molar-refractivity contribution in [3.63, 3.8) is 0 Å². The zero-order valence-electron chi connectivity index (χ0n) is 16.0. The molecule has 1 amide bonds. The van der Waals surface area contributed by atoms with E-state index in [9.17, 15) is 14.4 Å². The second kappa shape index (κ2) is 8.35. The molecule has 142 valence electrons. The van der Waals surface area contributed by atoms with E-state index < -0.39 is 18.0 Å². The predicted molar refractivity (Wildman–Crippen MR) is 102 cm³/mol. The second-order valence-corrected chi connectivity index (χ2v) is 6.03. The molecule has 0 saturated heterocycles. The second-order valence-electron chi connectivity index (χ2n) is 6.03. The van der Waals surface area contributed by atoms with Gasteiger partial charge in [-0.05, 0) is 24.1 Å². The van der Waals surface area contributed by atoms with Gasteiger partial charge in [-0.15, -0.1) is 0 Å². The summed E-state index contributed by atoms with van der Waals surface area (Å²) < 4.78 is 10.9. The summed E-state index contributed by atoms with van der Waals surface area (Å²) in [7, 11) is 5.59. The Balaban J connectivity index is 2.80. The van der Waals surface area contributed by atoms with Gasteiger partial charge in [-0.1, -0.05) is 30.3 Å². The van der Waals surface area contributed by atoms with Crippen molar-refractivity contribution in [3.8, 4) is 0 Å². The van der Waals surface area contributed by atoms with Crippen LogP contribution in [0.15, 0.2) is 36.5 Å². The minimum atomic E-state index is -0.727. The summed E-state index contributed by atoms with van der Waals surface area (Å²) in [5.41, 5.74) is 1.74. The summed E-state index contributed by atoms with van der Waals surface area (Å²) in [5, 5.41) is 0. The first-order valence-electron chi connectivity index (χ1n) is 8.19. The van der Waals surface area contributed by atoms with Crippen LogP contribution in [0.3, 0.4) is 0 Å². The van der Waals surface area contributed by atoms with Gasteiger partial charge in [0.2, 0.25) is 0 Å². The van der Waals surface area contributed by atoms with E-state index in [0.29, 0.717) is 5.57 Å². The number of rotatable bonds is 4. The number of aromatic nitrogens is 1. The molecule has 27 heavy (non-hydrogen) atoms. The van der Waals surface area contributed by atoms with Gasteiger partial charge in [0.25, 0.3) is 0 Å². The average molecular weight is 370 g/mol. The van der Waals surface area contributed by atoms with Crippen LogP contribution in [0.1, 0.15) is 38.9 Å². The number of benzene rings is 1. The van der Waals surface area contributed by atoms with E-state index in [1.165, 1.54) is 29.9 Å². The molecule has 2 rings (SSSR count). The fourth-order valence-corrected chi connectivity index (χ4v) is 2.70. The monoisotopic (exact) mass is 370 g/mol. The van der Waals surface area contributed by atoms with E-state index >= 15 is 0 Å². The minimum Gasteiger partial charge on any atom is -0.465 e. The van der Waals surface area contributed by atoms with Crippen molar-refractivity contribution in [1.29, 1.82) is 0 Å². The van der Waals surface area contributed by atoms with E-state index in [-0.39, 0.29) is 16.8 Å². The van der Waals surface area contributed by atoms with Crippen molar-refractivity contribution in [2.45, 2.75) is 6.92 Å². The molecule has 0 radical (unpaired) electrons. The van der Waals surface area contributed by atoms with Crippen LogP contribution in [-0.2, 0) is 9.47 Å². The Morgan fingerprint density at radius 2 is 1.59 bits per heavy atom. The summed E-state index contributed by atoms with van der Waals surface area (Å²) in [6.07, 6.45) is 3.13. The fourth-order valence-electron chi connectivity index (χ4n) is 2.70. The number of esters is 2. The largest absolute Gasteiger partial charge is 0.465 e. The number of hydrogen-bond donors (Lipinski definition) is 0. The number of hydrogen-bond acceptors (Lipinski definition) is 5. The highest BCUT2D eigenvalue weighted by Crippen LogP contribution is 2.28. The summed E-state index contributed by atoms with van der Waals surface area (Å²) in [6, 6.07) is 9.02. The van der Waals surface area contributed by atoms with Gasteiger partial charge in [-0.3, -0.25) is 4.57 Å². The Bertz CT molecular complexity index is 895. The highest BCUT2D eigenvalue weighted by atomic mass is 16.5. The predicted octanol–water partition coefficient (Wildman–Crippen LogP) is 3.15. The molecule has 1 aromatic heterocycles. The Morgan fingerprint density at radius 3 is 2.11 bits per heavy atom. The van der Waals surface area contributed by atoms with Crippen molar-refractivity contribution in [1.82, 2.24) is 9.47 Å². The number of carbonyl (C=O) groups is 3. The molecule has 1 heterocycles. The average Bonchev–Trinajstić information content (AvgIpc) is 3.07. The van der Waals surface area contributed by atoms with E-state index in [1.807, 2.05) is 36.4 Å². The Hall–Kier alpha value is -3.35. The fraction of sp³-hybridized carbons (Fsp3) is 0.250. The first-order chi connectivity index (χ1) is 12.8. The number of ether oxygens (including phenoxy) is 2. The summed E-state index contributed by atoms with van der Waals surface area (Å²) in [4.78, 5) is 38.7. The standard InChI is InChI=1S/C20H22N2O5/c1-13(11-14-9-7-6-8-10-14)17-16(19(24)27-5)15(18(23)26-4)12-22(17)20(25)21(2)3/h6-12H,1-5H3/b13-11+. The van der Waals surface area contributed by atoms with Crippen LogP contribution in [0.5, 0.6) is 0 Å². The van der Waals surface area contributed by atoms with Crippen molar-refractivity contribution in [2.24, 2.45) is 0 Å². The smallest absolute Gasteiger partial charge is 0.340 e. The normalized spacial score (nSPS) is 11.1. The molecule has 2 aromatic rings. The van der Waals surface area contributed by atoms with Crippen molar-refractivity contribution in [2.75, 3.05) is 28.3 Å². The topological polar surface area (TPSA) is 77.8 Å². The number of carbonyl (C=O) groups excluding carboxylic acids is 3. The Morgan fingerprint density at radius 1 is 1.00 bits per heavy atom. The molecule has 0 spiro atoms. The molecule has 0 aliphatic carbocycles. The maximum absolute atomic E-state index is 12.7. The van der Waals surface area contributed by atoms with Crippen LogP contribution in [0, 0.1) is 0 Å². The SMILES string of the molecule is COC(=O)c1cn(C(=O)N(C)C)c(/C(C)=C/c2ccccc2)c1C(=O)OC. The Labute approximate surface area is 157 Å². The number of amides is 1. The van der Waals surface area contributed by atoms with Gasteiger partial charge in [0.05, 0.1) is 25.5 Å². The highest BCUT2D eigenvalue weighted by Gasteiger charge is 2.30. The maximum atomic E-state index is 12.7. The molecule has 0 bridgehead atoms. The molecule has 0 aliphatic rings. The molecule has 7 nitrogen and oxygen atoms in total. The van der Waals surface area contributed by atoms with E-state index in [0.717, 1.165) is 5.56 Å². The lowest BCUT2D eigenvalue weighted by Gasteiger charge is -2.15. The number of nitrogens with zero attached hydrogens (tertiary/aromatic N) is 2. The van der Waals surface area contributed by atoms with Gasteiger partial charge in [0, 0.05) is 20.3 Å². The van der Waals surface area contributed by atoms with E-state index in [2.05, 4.69) is 0 Å². The first-order valence-corrected chi connectivity index (χ1v) is 8.19. The van der Waals surface area contributed by atoms with Gasteiger partial charge in [0.15, 0.2) is 0 Å². The molecule has 0 fully saturated rings. The molecule has 0 aliphatic heterocycles. The van der Waals surface area contributed by atoms with Crippen LogP contribution in [0.2, 0.25) is 0 Å². The third kappa shape index (κ3) is 4.08. The van der Waals surface area contributed by atoms with Crippen LogP contribution < -0.4 is 0 Å². The number of methoxy groups -OCH3 is 2. The lowest BCUT2D eigenvalue weighted by atomic mass is 10.0. The van der Waals surface area contributed by atoms with Gasteiger partial charge >= 0.3 is 18.0 Å². The Kier molecular flexibility index (Phi) is 6.18. The van der Waals surface area contributed by atoms with Gasteiger partial charge in [-0.2, -0.15) is 0 Å². The third-order valence-electron chi connectivity index (χ3n) is 3.94. The summed E-state index contributed by atoms with van der Waals surface area (Å²) >= 11 is 0. The molecule has 0 unspecified atom stereocenters. The molecule has 1 aromatic carbocycles. The van der Waals surface area contributed by atoms with Crippen LogP contribution in [-0.4, -0.2) is 55.8 Å². The zero-order valence-corrected chi connectivity index (χ0v) is 16.0. The van der Waals surface area contributed by atoms with E-state index in [4.69, 9.17) is 9.47 Å². The minimum absolute atomic E-state index is 0.00997. The maximum Gasteiger partial charge on any atom is 0.340 e. The van der Waals surface area contributed by atoms with Gasteiger partial charge in [0.1, 0.15) is 5.56 Å². The van der Waals surface area contributed by atoms with Crippen molar-refractivity contribution < 1.29 is 23.9 Å². The molecule has 0 saturated carbocycles. The summed E-state index contributed by atoms with van der Waals surface area (Å²) in [5.74, 6) is -1.45. The molecular weight excluding hydrogens is 348 g/mol. The van der Waals surface area contributed by atoms with E-state index in [1.54, 1.807) is 21.0 Å². The van der Waals surface area contributed by atoms with Crippen LogP contribution in [0.25, 0.3) is 11.6 Å². The summed E-state index contributed by atoms with van der Waals surface area (Å²) in [6.45, 7) is 1.76. The molecular formula is C20H22N2O5. The lowest BCUT2D eigenvalue weighted by Crippen LogP contribution is -2.28. The van der Waals surface area contributed by atoms with Gasteiger partial charge in [-0.25, -0.2) is 14.4 Å². The lowest BCUT2D eigenvalue weighted by molar-refractivity contribution is 0.0556. The first kappa shape index (κ1) is 20.0. The van der Waals surface area contributed by atoms with Gasteiger partial charge < -0.3 is 14.4 Å². The van der Waals surface area contributed by atoms with Crippen LogP contribution in [0.4, 0.5) is 4.79 Å². The van der Waals surface area contributed by atoms with Crippen molar-refractivity contribution in [3.05, 3.63) is 58.9 Å². The number of allylic oxidation sites excluding steroid dienone is 1. The molecule has 0 atom stereocenters. The quantitative estimate of drug-likeness (QED) is 0.773. The highest BCUT2D eigenvalue weighted by molar-refractivity contribution is 6.08. The zero-order chi connectivity index (χ0) is 20.1. The van der Waals surface area contributed by atoms with Crippen molar-refractivity contribution >= 4 is 29.6 Å².